The fourth-order valence-corrected chi connectivity index (χ4v) is 5.28. The molecule has 28 heavy (non-hydrogen) atoms. The van der Waals surface area contributed by atoms with Crippen molar-refractivity contribution in [2.75, 3.05) is 6.54 Å². The number of alkyl halides is 3. The molecule has 1 aromatic rings. The van der Waals surface area contributed by atoms with E-state index in [2.05, 4.69) is 13.8 Å². The van der Waals surface area contributed by atoms with Gasteiger partial charge in [0, 0.05) is 31.6 Å². The molecule has 1 aromatic carbocycles. The van der Waals surface area contributed by atoms with Crippen LogP contribution in [-0.4, -0.2) is 40.2 Å². The van der Waals surface area contributed by atoms with Crippen molar-refractivity contribution >= 4 is 11.8 Å². The second kappa shape index (κ2) is 6.78. The molecule has 3 saturated heterocycles. The van der Waals surface area contributed by atoms with Gasteiger partial charge in [-0.05, 0) is 42.4 Å². The van der Waals surface area contributed by atoms with E-state index in [0.29, 0.717) is 37.4 Å². The second-order valence-electron chi connectivity index (χ2n) is 8.66. The first kappa shape index (κ1) is 19.3. The minimum Gasteiger partial charge on any atom is -0.338 e. The summed E-state index contributed by atoms with van der Waals surface area (Å²) in [4.78, 5) is 29.4. The zero-order chi connectivity index (χ0) is 20.2. The average Bonchev–Trinajstić information content (AvgIpc) is 3.01. The number of nitrogens with zero attached hydrogens (tertiary/aromatic N) is 2. The highest BCUT2D eigenvalue weighted by Crippen LogP contribution is 2.46. The predicted molar refractivity (Wildman–Crippen MR) is 97.0 cm³/mol. The average molecular weight is 394 g/mol. The van der Waals surface area contributed by atoms with Gasteiger partial charge in [0.2, 0.25) is 11.8 Å². The zero-order valence-corrected chi connectivity index (χ0v) is 16.1. The number of halogens is 3. The third-order valence-electron chi connectivity index (χ3n) is 6.58. The lowest BCUT2D eigenvalue weighted by Gasteiger charge is -2.46. The summed E-state index contributed by atoms with van der Waals surface area (Å²) >= 11 is 0. The van der Waals surface area contributed by atoms with Gasteiger partial charge in [-0.1, -0.05) is 26.0 Å². The van der Waals surface area contributed by atoms with E-state index in [9.17, 15) is 22.8 Å². The Morgan fingerprint density at radius 2 is 1.82 bits per heavy atom. The quantitative estimate of drug-likeness (QED) is 0.784. The molecule has 0 spiro atoms. The molecular weight excluding hydrogens is 369 g/mol. The Hall–Kier alpha value is -2.05. The summed E-state index contributed by atoms with van der Waals surface area (Å²) in [5.41, 5.74) is 0.0141. The summed E-state index contributed by atoms with van der Waals surface area (Å²) in [6.45, 7) is 5.10. The lowest BCUT2D eigenvalue weighted by atomic mass is 9.78. The number of carbonyl (C=O) groups is 2. The van der Waals surface area contributed by atoms with E-state index < -0.39 is 11.7 Å². The van der Waals surface area contributed by atoms with Gasteiger partial charge in [-0.15, -0.1) is 0 Å². The van der Waals surface area contributed by atoms with E-state index in [-0.39, 0.29) is 35.7 Å². The van der Waals surface area contributed by atoms with Crippen molar-refractivity contribution in [3.8, 4) is 0 Å². The van der Waals surface area contributed by atoms with Gasteiger partial charge < -0.3 is 9.80 Å². The molecule has 3 heterocycles. The van der Waals surface area contributed by atoms with Crippen LogP contribution in [0.1, 0.15) is 44.2 Å². The highest BCUT2D eigenvalue weighted by molar-refractivity contribution is 5.86. The van der Waals surface area contributed by atoms with Gasteiger partial charge >= 0.3 is 6.18 Å². The first-order chi connectivity index (χ1) is 13.2. The third kappa shape index (κ3) is 3.18. The lowest BCUT2D eigenvalue weighted by molar-refractivity contribution is -0.154. The normalized spacial score (nSPS) is 30.2. The largest absolute Gasteiger partial charge is 0.416 e. The molecule has 4 atom stereocenters. The fraction of sp³-hybridized carbons (Fsp3) is 0.619. The van der Waals surface area contributed by atoms with Gasteiger partial charge in [-0.3, -0.25) is 9.59 Å². The van der Waals surface area contributed by atoms with Gasteiger partial charge in [0.25, 0.3) is 0 Å². The molecule has 0 aliphatic carbocycles. The van der Waals surface area contributed by atoms with Crippen LogP contribution in [0.2, 0.25) is 0 Å². The minimum absolute atomic E-state index is 0.00925. The highest BCUT2D eigenvalue weighted by atomic mass is 19.4. The fourth-order valence-electron chi connectivity index (χ4n) is 5.28. The number of benzene rings is 1. The van der Waals surface area contributed by atoms with Crippen molar-refractivity contribution in [3.05, 3.63) is 35.4 Å². The molecule has 2 amide bonds. The molecule has 2 unspecified atom stereocenters. The smallest absolute Gasteiger partial charge is 0.338 e. The van der Waals surface area contributed by atoms with Gasteiger partial charge in [-0.2, -0.15) is 13.2 Å². The van der Waals surface area contributed by atoms with Crippen LogP contribution in [0.5, 0.6) is 0 Å². The van der Waals surface area contributed by atoms with Gasteiger partial charge in [0.05, 0.1) is 11.5 Å². The summed E-state index contributed by atoms with van der Waals surface area (Å²) in [5.74, 6) is 0.588. The van der Waals surface area contributed by atoms with Crippen LogP contribution in [0.4, 0.5) is 13.2 Å². The van der Waals surface area contributed by atoms with Crippen molar-refractivity contribution < 1.29 is 22.8 Å². The molecule has 0 bridgehead atoms. The molecule has 0 N–H and O–H groups in total. The Morgan fingerprint density at radius 1 is 1.14 bits per heavy atom. The van der Waals surface area contributed by atoms with Gasteiger partial charge in [0.1, 0.15) is 0 Å². The van der Waals surface area contributed by atoms with Crippen molar-refractivity contribution in [1.82, 2.24) is 9.80 Å². The Balaban J connectivity index is 1.54. The van der Waals surface area contributed by atoms with E-state index in [1.165, 1.54) is 12.1 Å². The molecule has 152 valence electrons. The number of rotatable bonds is 3. The maximum atomic E-state index is 13.1. The molecule has 0 aromatic heterocycles. The summed E-state index contributed by atoms with van der Waals surface area (Å²) in [6.07, 6.45) is -2.50. The predicted octanol–water partition coefficient (Wildman–Crippen LogP) is 3.70. The molecule has 0 saturated carbocycles. The van der Waals surface area contributed by atoms with Gasteiger partial charge in [-0.25, -0.2) is 0 Å². The number of carbonyl (C=O) groups excluding carboxylic acids is 2. The Bertz CT molecular complexity index is 775. The van der Waals surface area contributed by atoms with Crippen molar-refractivity contribution in [2.45, 2.75) is 57.9 Å². The van der Waals surface area contributed by atoms with E-state index >= 15 is 0 Å². The van der Waals surface area contributed by atoms with Crippen LogP contribution < -0.4 is 0 Å². The SMILES string of the molecule is CC(C)[C@H]1CC2CN(Cc3ccc(C(F)(F)F)cc3)C(=O)[C@H]3CCC(=O)N1C23. The maximum Gasteiger partial charge on any atom is 0.416 e. The number of hydrogen-bond acceptors (Lipinski definition) is 2. The zero-order valence-electron chi connectivity index (χ0n) is 16.1. The number of amides is 2. The van der Waals surface area contributed by atoms with Crippen LogP contribution in [0, 0.1) is 17.8 Å². The maximum absolute atomic E-state index is 13.1. The molecular formula is C21H25F3N2O2. The minimum atomic E-state index is -4.36. The molecule has 3 aliphatic rings. The first-order valence-electron chi connectivity index (χ1n) is 9.93. The summed E-state index contributed by atoms with van der Waals surface area (Å²) in [6, 6.07) is 5.19. The summed E-state index contributed by atoms with van der Waals surface area (Å²) in [7, 11) is 0. The summed E-state index contributed by atoms with van der Waals surface area (Å²) in [5, 5.41) is 0. The Morgan fingerprint density at radius 3 is 2.43 bits per heavy atom. The summed E-state index contributed by atoms with van der Waals surface area (Å²) < 4.78 is 38.3. The van der Waals surface area contributed by atoms with Crippen LogP contribution in [0.25, 0.3) is 0 Å². The second-order valence-corrected chi connectivity index (χ2v) is 8.66. The molecule has 3 aliphatic heterocycles. The van der Waals surface area contributed by atoms with Crippen molar-refractivity contribution in [2.24, 2.45) is 17.8 Å². The Labute approximate surface area is 162 Å². The van der Waals surface area contributed by atoms with Crippen LogP contribution in [0.15, 0.2) is 24.3 Å². The molecule has 3 fully saturated rings. The van der Waals surface area contributed by atoms with Crippen LogP contribution in [0.3, 0.4) is 0 Å². The monoisotopic (exact) mass is 394 g/mol. The van der Waals surface area contributed by atoms with Gasteiger partial charge in [0.15, 0.2) is 0 Å². The first-order valence-corrected chi connectivity index (χ1v) is 9.93. The van der Waals surface area contributed by atoms with Crippen molar-refractivity contribution in [3.63, 3.8) is 0 Å². The van der Waals surface area contributed by atoms with Crippen molar-refractivity contribution in [1.29, 1.82) is 0 Å². The van der Waals surface area contributed by atoms with E-state index in [1.807, 2.05) is 4.90 Å². The number of piperidine rings is 2. The molecule has 7 heteroatoms. The third-order valence-corrected chi connectivity index (χ3v) is 6.58. The molecule has 4 nitrogen and oxygen atoms in total. The Kier molecular flexibility index (Phi) is 4.67. The molecule has 4 rings (SSSR count). The number of likely N-dealkylation sites (tertiary alicyclic amines) is 1. The van der Waals surface area contributed by atoms with Crippen LogP contribution >= 0.6 is 0 Å². The highest BCUT2D eigenvalue weighted by Gasteiger charge is 2.55. The van der Waals surface area contributed by atoms with Crippen LogP contribution in [-0.2, 0) is 22.3 Å². The standard InChI is InChI=1S/C21H25F3N2O2/c1-12(2)17-9-14-11-25(10-13-3-5-15(6-4-13)21(22,23)24)20(28)16-7-8-18(27)26(17)19(14)16/h3-6,12,14,16-17,19H,7-11H2,1-2H3/t14?,16-,17+,19?/m0/s1. The van der Waals surface area contributed by atoms with E-state index in [0.717, 1.165) is 18.6 Å². The topological polar surface area (TPSA) is 40.6 Å². The number of hydrogen-bond donors (Lipinski definition) is 0. The molecule has 0 radical (unpaired) electrons. The van der Waals surface area contributed by atoms with E-state index in [1.54, 1.807) is 4.90 Å². The lowest BCUT2D eigenvalue weighted by Crippen LogP contribution is -2.59. The van der Waals surface area contributed by atoms with E-state index in [4.69, 9.17) is 0 Å².